The molecule has 7 heteroatoms. The van der Waals surface area contributed by atoms with Crippen molar-refractivity contribution < 1.29 is 9.59 Å². The highest BCUT2D eigenvalue weighted by atomic mass is 35.5. The molecule has 2 aromatic carbocycles. The summed E-state index contributed by atoms with van der Waals surface area (Å²) in [4.78, 5) is 27.2. The zero-order chi connectivity index (χ0) is 19.9. The molecule has 3 amide bonds. The zero-order valence-electron chi connectivity index (χ0n) is 16.0. The van der Waals surface area contributed by atoms with Crippen LogP contribution in [0.15, 0.2) is 42.5 Å². The molecule has 146 valence electrons. The van der Waals surface area contributed by atoms with Gasteiger partial charge in [-0.1, -0.05) is 29.8 Å². The molecule has 0 radical (unpaired) electrons. The number of rotatable bonds is 2. The topological polar surface area (TPSA) is 64.7 Å². The van der Waals surface area contributed by atoms with Gasteiger partial charge in [-0.15, -0.1) is 0 Å². The standard InChI is InChI=1S/C21H23ClN4O2/c1-14-7-8-16(13-15(14)2)19(27)25-11-9-21(10-12-25)23-20(28)26(24-21)18-6-4-3-5-17(18)22/h3-8,13,24H,9-12H2,1-2H3,(H,23,28). The number of nitrogens with zero attached hydrogens (tertiary/aromatic N) is 2. The van der Waals surface area contributed by atoms with Gasteiger partial charge in [0.05, 0.1) is 10.7 Å². The normalized spacial score (nSPS) is 18.5. The molecular weight excluding hydrogens is 376 g/mol. The zero-order valence-corrected chi connectivity index (χ0v) is 16.7. The average molecular weight is 399 g/mol. The Labute approximate surface area is 169 Å². The van der Waals surface area contributed by atoms with E-state index in [1.54, 1.807) is 12.1 Å². The van der Waals surface area contributed by atoms with Gasteiger partial charge in [-0.05, 0) is 49.2 Å². The van der Waals surface area contributed by atoms with Gasteiger partial charge in [0.15, 0.2) is 0 Å². The minimum Gasteiger partial charge on any atom is -0.338 e. The van der Waals surface area contributed by atoms with Crippen molar-refractivity contribution in [3.05, 3.63) is 64.2 Å². The molecule has 1 spiro atoms. The van der Waals surface area contributed by atoms with Gasteiger partial charge in [0.25, 0.3) is 5.91 Å². The second kappa shape index (κ2) is 7.11. The summed E-state index contributed by atoms with van der Waals surface area (Å²) in [6, 6.07) is 12.8. The Morgan fingerprint density at radius 1 is 1.07 bits per heavy atom. The van der Waals surface area contributed by atoms with Gasteiger partial charge in [-0.2, -0.15) is 0 Å². The van der Waals surface area contributed by atoms with E-state index >= 15 is 0 Å². The van der Waals surface area contributed by atoms with Gasteiger partial charge in [0, 0.05) is 31.5 Å². The second-order valence-corrected chi connectivity index (χ2v) is 7.91. The minimum atomic E-state index is -0.559. The third-order valence-corrected chi connectivity index (χ3v) is 5.95. The lowest BCUT2D eigenvalue weighted by atomic mass is 9.97. The molecular formula is C21H23ClN4O2. The molecule has 2 heterocycles. The molecule has 4 rings (SSSR count). The molecule has 0 saturated carbocycles. The van der Waals surface area contributed by atoms with Gasteiger partial charge in [0.1, 0.15) is 5.66 Å². The maximum Gasteiger partial charge on any atom is 0.338 e. The fourth-order valence-corrected chi connectivity index (χ4v) is 3.96. The number of hydrogen-bond acceptors (Lipinski definition) is 3. The van der Waals surface area contributed by atoms with Crippen LogP contribution in [0.1, 0.15) is 34.3 Å². The number of aryl methyl sites for hydroxylation is 2. The number of benzene rings is 2. The van der Waals surface area contributed by atoms with Crippen molar-refractivity contribution >= 4 is 29.2 Å². The van der Waals surface area contributed by atoms with Crippen LogP contribution in [-0.2, 0) is 0 Å². The summed E-state index contributed by atoms with van der Waals surface area (Å²) >= 11 is 6.24. The number of halogens is 1. The summed E-state index contributed by atoms with van der Waals surface area (Å²) in [5.41, 5.74) is 6.33. The number of anilines is 1. The molecule has 0 aliphatic carbocycles. The predicted molar refractivity (Wildman–Crippen MR) is 109 cm³/mol. The van der Waals surface area contributed by atoms with Crippen molar-refractivity contribution in [3.8, 4) is 0 Å². The maximum atomic E-state index is 12.9. The lowest BCUT2D eigenvalue weighted by Crippen LogP contribution is -2.58. The highest BCUT2D eigenvalue weighted by Gasteiger charge is 2.45. The first-order chi connectivity index (χ1) is 13.4. The van der Waals surface area contributed by atoms with Crippen LogP contribution in [0.4, 0.5) is 10.5 Å². The highest BCUT2D eigenvalue weighted by Crippen LogP contribution is 2.31. The van der Waals surface area contributed by atoms with Gasteiger partial charge in [-0.3, -0.25) is 4.79 Å². The Morgan fingerprint density at radius 3 is 2.46 bits per heavy atom. The Kier molecular flexibility index (Phi) is 4.77. The van der Waals surface area contributed by atoms with E-state index in [4.69, 9.17) is 11.6 Å². The van der Waals surface area contributed by atoms with E-state index in [2.05, 4.69) is 10.7 Å². The van der Waals surface area contributed by atoms with Crippen molar-refractivity contribution in [3.63, 3.8) is 0 Å². The van der Waals surface area contributed by atoms with Crippen LogP contribution in [-0.4, -0.2) is 35.6 Å². The number of para-hydroxylation sites is 1. The van der Waals surface area contributed by atoms with E-state index in [1.807, 2.05) is 49.1 Å². The number of urea groups is 1. The molecule has 2 aromatic rings. The Hall–Kier alpha value is -2.57. The van der Waals surface area contributed by atoms with E-state index in [0.717, 1.165) is 5.56 Å². The molecule has 2 aliphatic rings. The van der Waals surface area contributed by atoms with E-state index in [9.17, 15) is 9.59 Å². The van der Waals surface area contributed by atoms with Crippen LogP contribution < -0.4 is 15.8 Å². The first kappa shape index (κ1) is 18.8. The lowest BCUT2D eigenvalue weighted by Gasteiger charge is -2.39. The lowest BCUT2D eigenvalue weighted by molar-refractivity contribution is 0.0640. The molecule has 0 atom stereocenters. The number of likely N-dealkylation sites (tertiary alicyclic amines) is 1. The van der Waals surface area contributed by atoms with E-state index in [1.165, 1.54) is 10.6 Å². The molecule has 2 aliphatic heterocycles. The fourth-order valence-electron chi connectivity index (χ4n) is 3.74. The predicted octanol–water partition coefficient (Wildman–Crippen LogP) is 3.62. The largest absolute Gasteiger partial charge is 0.338 e. The van der Waals surface area contributed by atoms with Crippen LogP contribution in [0, 0.1) is 13.8 Å². The van der Waals surface area contributed by atoms with Gasteiger partial charge >= 0.3 is 6.03 Å². The van der Waals surface area contributed by atoms with Crippen molar-refractivity contribution in [1.82, 2.24) is 15.6 Å². The second-order valence-electron chi connectivity index (χ2n) is 7.50. The van der Waals surface area contributed by atoms with Gasteiger partial charge < -0.3 is 10.2 Å². The van der Waals surface area contributed by atoms with Crippen LogP contribution in [0.3, 0.4) is 0 Å². The van der Waals surface area contributed by atoms with Crippen LogP contribution in [0.5, 0.6) is 0 Å². The van der Waals surface area contributed by atoms with Crippen LogP contribution >= 0.6 is 11.6 Å². The summed E-state index contributed by atoms with van der Waals surface area (Å²) < 4.78 is 0. The van der Waals surface area contributed by atoms with E-state index in [0.29, 0.717) is 42.2 Å². The molecule has 2 fully saturated rings. The molecule has 2 saturated heterocycles. The van der Waals surface area contributed by atoms with Crippen molar-refractivity contribution in [1.29, 1.82) is 0 Å². The molecule has 6 nitrogen and oxygen atoms in total. The summed E-state index contributed by atoms with van der Waals surface area (Å²) in [7, 11) is 0. The summed E-state index contributed by atoms with van der Waals surface area (Å²) in [6.07, 6.45) is 1.24. The number of hydrazine groups is 1. The average Bonchev–Trinajstić information content (AvgIpc) is 3.00. The maximum absolute atomic E-state index is 12.9. The molecule has 0 bridgehead atoms. The molecule has 2 N–H and O–H groups in total. The van der Waals surface area contributed by atoms with Crippen molar-refractivity contribution in [2.45, 2.75) is 32.4 Å². The monoisotopic (exact) mass is 398 g/mol. The molecule has 0 unspecified atom stereocenters. The van der Waals surface area contributed by atoms with E-state index < -0.39 is 5.66 Å². The summed E-state index contributed by atoms with van der Waals surface area (Å²) in [5, 5.41) is 5.01. The van der Waals surface area contributed by atoms with Crippen LogP contribution in [0.2, 0.25) is 5.02 Å². The first-order valence-corrected chi connectivity index (χ1v) is 9.77. The molecule has 28 heavy (non-hydrogen) atoms. The van der Waals surface area contributed by atoms with Crippen LogP contribution in [0.25, 0.3) is 0 Å². The first-order valence-electron chi connectivity index (χ1n) is 9.40. The number of amides is 3. The number of nitrogens with one attached hydrogen (secondary N) is 2. The Bertz CT molecular complexity index is 938. The quantitative estimate of drug-likeness (QED) is 0.812. The summed E-state index contributed by atoms with van der Waals surface area (Å²) in [5.74, 6) is 0.0326. The Morgan fingerprint density at radius 2 is 1.79 bits per heavy atom. The number of carbonyl (C=O) groups excluding carboxylic acids is 2. The van der Waals surface area contributed by atoms with Gasteiger partial charge in [-0.25, -0.2) is 15.2 Å². The molecule has 0 aromatic heterocycles. The SMILES string of the molecule is Cc1ccc(C(=O)N2CCC3(CC2)NC(=O)N(c2ccccc2Cl)N3)cc1C. The number of carbonyl (C=O) groups is 2. The number of hydrogen-bond donors (Lipinski definition) is 2. The minimum absolute atomic E-state index is 0.0326. The smallest absolute Gasteiger partial charge is 0.338 e. The van der Waals surface area contributed by atoms with Crippen molar-refractivity contribution in [2.24, 2.45) is 0 Å². The van der Waals surface area contributed by atoms with Crippen molar-refractivity contribution in [2.75, 3.05) is 18.1 Å². The van der Waals surface area contributed by atoms with E-state index in [-0.39, 0.29) is 11.9 Å². The Balaban J connectivity index is 1.45. The third-order valence-electron chi connectivity index (χ3n) is 5.63. The summed E-state index contributed by atoms with van der Waals surface area (Å²) in [6.45, 7) is 5.18. The highest BCUT2D eigenvalue weighted by molar-refractivity contribution is 6.33. The third kappa shape index (κ3) is 3.34. The van der Waals surface area contributed by atoms with Gasteiger partial charge in [0.2, 0.25) is 0 Å². The fraction of sp³-hybridized carbons (Fsp3) is 0.333. The number of piperidine rings is 1.